The Kier molecular flexibility index (Phi) is 4.83. The van der Waals surface area contributed by atoms with Crippen LogP contribution in [0.5, 0.6) is 0 Å². The highest BCUT2D eigenvalue weighted by Crippen LogP contribution is 2.12. The first kappa shape index (κ1) is 16.7. The van der Waals surface area contributed by atoms with Gasteiger partial charge in [-0.1, -0.05) is 19.1 Å². The van der Waals surface area contributed by atoms with Gasteiger partial charge in [0.1, 0.15) is 5.58 Å². The molecule has 1 N–H and O–H groups in total. The second-order valence-electron chi connectivity index (χ2n) is 5.83. The molecule has 0 unspecified atom stereocenters. The van der Waals surface area contributed by atoms with Gasteiger partial charge in [-0.25, -0.2) is 4.79 Å². The maximum absolute atomic E-state index is 11.9. The molecule has 122 valence electrons. The largest absolute Gasteiger partial charge is 0.450 e. The lowest BCUT2D eigenvalue weighted by Crippen LogP contribution is -2.44. The molecule has 1 aromatic heterocycles. The number of carbonyl (C=O) groups is 2. The molecule has 0 aliphatic carbocycles. The number of ether oxygens (including phenoxy) is 1. The molecule has 0 bridgehead atoms. The van der Waals surface area contributed by atoms with Crippen LogP contribution in [0.2, 0.25) is 0 Å². The van der Waals surface area contributed by atoms with Crippen LogP contribution in [-0.4, -0.2) is 24.0 Å². The molecule has 0 saturated heterocycles. The zero-order valence-corrected chi connectivity index (χ0v) is 13.3. The average molecular weight is 317 g/mol. The number of esters is 1. The lowest BCUT2D eigenvalue weighted by molar-refractivity contribution is -0.125. The third-order valence-corrected chi connectivity index (χ3v) is 3.53. The summed E-state index contributed by atoms with van der Waals surface area (Å²) in [4.78, 5) is 35.6. The Balaban J connectivity index is 2.07. The second-order valence-corrected chi connectivity index (χ2v) is 5.83. The molecule has 0 aliphatic heterocycles. The molecule has 0 aliphatic rings. The van der Waals surface area contributed by atoms with Gasteiger partial charge in [-0.15, -0.1) is 0 Å². The molecule has 0 spiro atoms. The Morgan fingerprint density at radius 2 is 1.96 bits per heavy atom. The van der Waals surface area contributed by atoms with Gasteiger partial charge in [0, 0.05) is 11.6 Å². The van der Waals surface area contributed by atoms with Crippen LogP contribution >= 0.6 is 0 Å². The summed E-state index contributed by atoms with van der Waals surface area (Å²) < 4.78 is 10.3. The summed E-state index contributed by atoms with van der Waals surface area (Å²) in [5, 5.41) is 3.13. The van der Waals surface area contributed by atoms with E-state index in [0.29, 0.717) is 11.0 Å². The van der Waals surface area contributed by atoms with Crippen molar-refractivity contribution in [3.05, 3.63) is 46.3 Å². The standard InChI is InChI=1S/C17H19NO5/c1-4-17(2,3)18-15(20)10-22-16(21)14-9-12(19)11-7-5-6-8-13(11)23-14/h5-9H,4,10H2,1-3H3,(H,18,20). The SMILES string of the molecule is CCC(C)(C)NC(=O)COC(=O)c1cc(=O)c2ccccc2o1. The van der Waals surface area contributed by atoms with E-state index in [1.807, 2.05) is 20.8 Å². The maximum Gasteiger partial charge on any atom is 0.374 e. The molecule has 6 nitrogen and oxygen atoms in total. The first-order valence-electron chi connectivity index (χ1n) is 7.33. The van der Waals surface area contributed by atoms with Crippen LogP contribution in [0.4, 0.5) is 0 Å². The molecule has 1 amide bonds. The number of nitrogens with one attached hydrogen (secondary N) is 1. The van der Waals surface area contributed by atoms with E-state index in [4.69, 9.17) is 9.15 Å². The molecule has 23 heavy (non-hydrogen) atoms. The van der Waals surface area contributed by atoms with Crippen LogP contribution in [0.3, 0.4) is 0 Å². The minimum Gasteiger partial charge on any atom is -0.450 e. The number of para-hydroxylation sites is 1. The van der Waals surface area contributed by atoms with E-state index < -0.39 is 18.5 Å². The Labute approximate surface area is 133 Å². The number of amides is 1. The summed E-state index contributed by atoms with van der Waals surface area (Å²) in [6, 6.07) is 7.66. The van der Waals surface area contributed by atoms with Crippen LogP contribution in [0.1, 0.15) is 37.7 Å². The second kappa shape index (κ2) is 6.64. The predicted octanol–water partition coefficient (Wildman–Crippen LogP) is 2.25. The number of carbonyl (C=O) groups excluding carboxylic acids is 2. The molecule has 0 fully saturated rings. The van der Waals surface area contributed by atoms with Crippen LogP contribution in [0, 0.1) is 0 Å². The van der Waals surface area contributed by atoms with Gasteiger partial charge in [-0.3, -0.25) is 9.59 Å². The van der Waals surface area contributed by atoms with Gasteiger partial charge in [0.25, 0.3) is 5.91 Å². The quantitative estimate of drug-likeness (QED) is 0.855. The van der Waals surface area contributed by atoms with Crippen molar-refractivity contribution in [2.75, 3.05) is 6.61 Å². The number of rotatable bonds is 5. The predicted molar refractivity (Wildman–Crippen MR) is 85.3 cm³/mol. The molecule has 0 atom stereocenters. The van der Waals surface area contributed by atoms with E-state index in [0.717, 1.165) is 12.5 Å². The van der Waals surface area contributed by atoms with E-state index in [1.54, 1.807) is 24.3 Å². The van der Waals surface area contributed by atoms with Crippen molar-refractivity contribution in [2.24, 2.45) is 0 Å². The van der Waals surface area contributed by atoms with Crippen molar-refractivity contribution in [3.8, 4) is 0 Å². The van der Waals surface area contributed by atoms with Gasteiger partial charge in [0.05, 0.1) is 5.39 Å². The van der Waals surface area contributed by atoms with Crippen molar-refractivity contribution in [1.82, 2.24) is 5.32 Å². The number of fused-ring (bicyclic) bond motifs is 1. The first-order chi connectivity index (χ1) is 10.8. The normalized spacial score (nSPS) is 11.3. The highest BCUT2D eigenvalue weighted by Gasteiger charge is 2.20. The minimum atomic E-state index is -0.850. The number of benzene rings is 1. The zero-order chi connectivity index (χ0) is 17.0. The van der Waals surface area contributed by atoms with Gasteiger partial charge in [-0.05, 0) is 32.4 Å². The number of hydrogen-bond acceptors (Lipinski definition) is 5. The van der Waals surface area contributed by atoms with Crippen molar-refractivity contribution >= 4 is 22.8 Å². The molecule has 0 saturated carbocycles. The minimum absolute atomic E-state index is 0.226. The molecular weight excluding hydrogens is 298 g/mol. The summed E-state index contributed by atoms with van der Waals surface area (Å²) in [7, 11) is 0. The van der Waals surface area contributed by atoms with Gasteiger partial charge in [0.15, 0.2) is 12.0 Å². The van der Waals surface area contributed by atoms with Gasteiger partial charge < -0.3 is 14.5 Å². The van der Waals surface area contributed by atoms with Crippen molar-refractivity contribution in [1.29, 1.82) is 0 Å². The average Bonchev–Trinajstić information content (AvgIpc) is 2.52. The molecule has 6 heteroatoms. The lowest BCUT2D eigenvalue weighted by Gasteiger charge is -2.24. The fourth-order valence-corrected chi connectivity index (χ4v) is 1.91. The smallest absolute Gasteiger partial charge is 0.374 e. The van der Waals surface area contributed by atoms with Crippen LogP contribution in [0.25, 0.3) is 11.0 Å². The monoisotopic (exact) mass is 317 g/mol. The summed E-state index contributed by atoms with van der Waals surface area (Å²) in [6.07, 6.45) is 0.742. The molecular formula is C17H19NO5. The van der Waals surface area contributed by atoms with Crippen LogP contribution in [0.15, 0.2) is 39.5 Å². The maximum atomic E-state index is 11.9. The van der Waals surface area contributed by atoms with E-state index in [1.165, 1.54) is 0 Å². The van der Waals surface area contributed by atoms with E-state index in [-0.39, 0.29) is 16.7 Å². The highest BCUT2D eigenvalue weighted by atomic mass is 16.5. The van der Waals surface area contributed by atoms with Gasteiger partial charge in [-0.2, -0.15) is 0 Å². The van der Waals surface area contributed by atoms with Crippen LogP contribution in [-0.2, 0) is 9.53 Å². The molecule has 2 aromatic rings. The van der Waals surface area contributed by atoms with Gasteiger partial charge in [0.2, 0.25) is 5.76 Å². The van der Waals surface area contributed by atoms with E-state index in [9.17, 15) is 14.4 Å². The Bertz CT molecular complexity index is 791. The van der Waals surface area contributed by atoms with Gasteiger partial charge >= 0.3 is 5.97 Å². The Morgan fingerprint density at radius 1 is 1.26 bits per heavy atom. The first-order valence-corrected chi connectivity index (χ1v) is 7.33. The summed E-state index contributed by atoms with van der Waals surface area (Å²) in [5.41, 5.74) is -0.419. The lowest BCUT2D eigenvalue weighted by atomic mass is 10.0. The summed E-state index contributed by atoms with van der Waals surface area (Å²) in [6.45, 7) is 5.25. The third-order valence-electron chi connectivity index (χ3n) is 3.53. The van der Waals surface area contributed by atoms with Crippen molar-refractivity contribution < 1.29 is 18.7 Å². The Morgan fingerprint density at radius 3 is 2.65 bits per heavy atom. The zero-order valence-electron chi connectivity index (χ0n) is 13.3. The topological polar surface area (TPSA) is 85.6 Å². The molecule has 1 heterocycles. The molecule has 2 rings (SSSR count). The third kappa shape index (κ3) is 4.18. The van der Waals surface area contributed by atoms with E-state index in [2.05, 4.69) is 5.32 Å². The van der Waals surface area contributed by atoms with Crippen molar-refractivity contribution in [3.63, 3.8) is 0 Å². The highest BCUT2D eigenvalue weighted by molar-refractivity contribution is 5.90. The number of hydrogen-bond donors (Lipinski definition) is 1. The fraction of sp³-hybridized carbons (Fsp3) is 0.353. The van der Waals surface area contributed by atoms with Crippen LogP contribution < -0.4 is 10.7 Å². The van der Waals surface area contributed by atoms with E-state index >= 15 is 0 Å². The fourth-order valence-electron chi connectivity index (χ4n) is 1.91. The molecule has 0 radical (unpaired) electrons. The molecule has 1 aromatic carbocycles. The van der Waals surface area contributed by atoms with Crippen molar-refractivity contribution in [2.45, 2.75) is 32.7 Å². The Hall–Kier alpha value is -2.63. The summed E-state index contributed by atoms with van der Waals surface area (Å²) >= 11 is 0. The summed E-state index contributed by atoms with van der Waals surface area (Å²) in [5.74, 6) is -1.48.